The lowest BCUT2D eigenvalue weighted by atomic mass is 9.93. The van der Waals surface area contributed by atoms with Gasteiger partial charge in [0.2, 0.25) is 0 Å². The van der Waals surface area contributed by atoms with E-state index in [1.807, 2.05) is 6.92 Å². The Bertz CT molecular complexity index is 1510. The lowest BCUT2D eigenvalue weighted by Crippen LogP contribution is -2.41. The van der Waals surface area contributed by atoms with E-state index < -0.39 is 26.8 Å². The second kappa shape index (κ2) is 10.2. The van der Waals surface area contributed by atoms with E-state index in [0.29, 0.717) is 41.9 Å². The lowest BCUT2D eigenvalue weighted by Gasteiger charge is -2.14. The van der Waals surface area contributed by atoms with Crippen LogP contribution in [0.3, 0.4) is 0 Å². The number of non-ortho nitro benzene ring substituents is 1. The zero-order valence-electron chi connectivity index (χ0n) is 19.9. The van der Waals surface area contributed by atoms with Gasteiger partial charge in [0.1, 0.15) is 5.76 Å². The SMILES string of the molecule is Cc1ccc(S(=O)(=O)N/N=C2\CCCc3oc(C(=O)NNC(=O)c4ccc([N+](=O)[O-])cc4)c(C)c32)cc1. The van der Waals surface area contributed by atoms with Gasteiger partial charge in [0.05, 0.1) is 15.5 Å². The fourth-order valence-corrected chi connectivity index (χ4v) is 4.69. The maximum Gasteiger partial charge on any atom is 0.305 e. The Balaban J connectivity index is 1.48. The maximum absolute atomic E-state index is 12.7. The molecule has 0 aliphatic heterocycles. The van der Waals surface area contributed by atoms with Crippen LogP contribution in [0.15, 0.2) is 62.9 Å². The number of hydrogen-bond donors (Lipinski definition) is 3. The molecule has 0 spiro atoms. The predicted octanol–water partition coefficient (Wildman–Crippen LogP) is 2.90. The Morgan fingerprint density at radius 2 is 1.62 bits per heavy atom. The fourth-order valence-electron chi connectivity index (χ4n) is 3.86. The molecule has 3 N–H and O–H groups in total. The Labute approximate surface area is 211 Å². The normalized spacial score (nSPS) is 14.1. The van der Waals surface area contributed by atoms with Gasteiger partial charge in [-0.15, -0.1) is 0 Å². The van der Waals surface area contributed by atoms with E-state index in [1.165, 1.54) is 36.4 Å². The van der Waals surface area contributed by atoms with Gasteiger partial charge in [-0.3, -0.25) is 30.6 Å². The summed E-state index contributed by atoms with van der Waals surface area (Å²) in [6.07, 6.45) is 1.65. The maximum atomic E-state index is 12.7. The number of nitro groups is 1. The van der Waals surface area contributed by atoms with Crippen LogP contribution in [0, 0.1) is 24.0 Å². The summed E-state index contributed by atoms with van der Waals surface area (Å²) in [6.45, 7) is 3.49. The van der Waals surface area contributed by atoms with Crippen molar-refractivity contribution in [3.63, 3.8) is 0 Å². The number of amides is 2. The van der Waals surface area contributed by atoms with E-state index in [-0.39, 0.29) is 21.9 Å². The smallest absolute Gasteiger partial charge is 0.305 e. The largest absolute Gasteiger partial charge is 0.455 e. The summed E-state index contributed by atoms with van der Waals surface area (Å²) in [5.41, 5.74) is 6.80. The number of carbonyl (C=O) groups is 2. The van der Waals surface area contributed by atoms with E-state index >= 15 is 0 Å². The molecular weight excluding hydrogens is 502 g/mol. The highest BCUT2D eigenvalue weighted by Crippen LogP contribution is 2.30. The molecule has 0 atom stereocenters. The minimum atomic E-state index is -3.89. The monoisotopic (exact) mass is 525 g/mol. The van der Waals surface area contributed by atoms with Gasteiger partial charge in [0.15, 0.2) is 5.76 Å². The van der Waals surface area contributed by atoms with Crippen LogP contribution in [0.4, 0.5) is 5.69 Å². The summed E-state index contributed by atoms with van der Waals surface area (Å²) in [4.78, 5) is 37.5. The van der Waals surface area contributed by atoms with Crippen molar-refractivity contribution in [3.8, 4) is 0 Å². The molecule has 4 rings (SSSR count). The van der Waals surface area contributed by atoms with Crippen LogP contribution in [0.1, 0.15) is 56.2 Å². The lowest BCUT2D eigenvalue weighted by molar-refractivity contribution is -0.384. The first-order valence-corrected chi connectivity index (χ1v) is 12.7. The molecule has 1 aliphatic rings. The van der Waals surface area contributed by atoms with Gasteiger partial charge >= 0.3 is 5.91 Å². The number of sulfonamides is 1. The molecule has 2 amide bonds. The molecule has 0 saturated carbocycles. The molecule has 13 heteroatoms. The van der Waals surface area contributed by atoms with Crippen LogP contribution >= 0.6 is 0 Å². The summed E-state index contributed by atoms with van der Waals surface area (Å²) >= 11 is 0. The van der Waals surface area contributed by atoms with Crippen LogP contribution < -0.4 is 15.7 Å². The molecule has 1 aliphatic carbocycles. The third-order valence-electron chi connectivity index (χ3n) is 5.79. The fraction of sp³-hybridized carbons (Fsp3) is 0.208. The average Bonchev–Trinajstić information content (AvgIpc) is 3.23. The molecular formula is C24H23N5O7S. The van der Waals surface area contributed by atoms with Crippen molar-refractivity contribution in [1.29, 1.82) is 0 Å². The summed E-state index contributed by atoms with van der Waals surface area (Å²) < 4.78 is 31.0. The molecule has 192 valence electrons. The zero-order valence-corrected chi connectivity index (χ0v) is 20.7. The van der Waals surface area contributed by atoms with E-state index in [9.17, 15) is 28.1 Å². The number of hydrazine groups is 1. The molecule has 12 nitrogen and oxygen atoms in total. The molecule has 1 heterocycles. The zero-order chi connectivity index (χ0) is 26.7. The first kappa shape index (κ1) is 25.6. The van der Waals surface area contributed by atoms with Gasteiger partial charge in [0, 0.05) is 35.2 Å². The van der Waals surface area contributed by atoms with Crippen molar-refractivity contribution in [3.05, 3.63) is 92.4 Å². The molecule has 1 aromatic heterocycles. The van der Waals surface area contributed by atoms with Gasteiger partial charge in [-0.2, -0.15) is 18.4 Å². The quantitative estimate of drug-likeness (QED) is 0.328. The summed E-state index contributed by atoms with van der Waals surface area (Å²) in [5, 5.41) is 14.9. The topological polar surface area (TPSA) is 173 Å². The first-order chi connectivity index (χ1) is 17.6. The van der Waals surface area contributed by atoms with Crippen LogP contribution in [0.5, 0.6) is 0 Å². The first-order valence-electron chi connectivity index (χ1n) is 11.2. The number of hydrazone groups is 1. The number of nitro benzene ring substituents is 1. The van der Waals surface area contributed by atoms with E-state index in [0.717, 1.165) is 5.56 Å². The van der Waals surface area contributed by atoms with Crippen LogP contribution in [0.25, 0.3) is 0 Å². The predicted molar refractivity (Wildman–Crippen MR) is 132 cm³/mol. The van der Waals surface area contributed by atoms with Gasteiger partial charge in [-0.05, 0) is 51.0 Å². The Hall–Kier alpha value is -4.52. The van der Waals surface area contributed by atoms with Crippen molar-refractivity contribution in [2.45, 2.75) is 38.0 Å². The number of fused-ring (bicyclic) bond motifs is 1. The standard InChI is InChI=1S/C24H23N5O7S/c1-14-6-12-18(13-7-14)37(34,35)28-25-19-4-3-5-20-21(19)15(2)22(36-20)24(31)27-26-23(30)16-8-10-17(11-9-16)29(32)33/h6-13,28H,3-5H2,1-2H3,(H,26,30)(H,27,31)/b25-19+. The van der Waals surface area contributed by atoms with E-state index in [2.05, 4.69) is 20.8 Å². The van der Waals surface area contributed by atoms with Crippen LogP contribution in [-0.4, -0.2) is 30.9 Å². The molecule has 0 fully saturated rings. The van der Waals surface area contributed by atoms with Gasteiger partial charge < -0.3 is 4.42 Å². The molecule has 0 unspecified atom stereocenters. The second-order valence-electron chi connectivity index (χ2n) is 8.39. The van der Waals surface area contributed by atoms with Crippen molar-refractivity contribution >= 4 is 33.2 Å². The molecule has 3 aromatic rings. The Morgan fingerprint density at radius 3 is 2.27 bits per heavy atom. The number of carbonyl (C=O) groups excluding carboxylic acids is 2. The minimum absolute atomic E-state index is 0.0509. The highest BCUT2D eigenvalue weighted by molar-refractivity contribution is 7.89. The van der Waals surface area contributed by atoms with Gasteiger partial charge in [0.25, 0.3) is 21.6 Å². The van der Waals surface area contributed by atoms with Gasteiger partial charge in [-0.25, -0.2) is 0 Å². The van der Waals surface area contributed by atoms with Crippen molar-refractivity contribution in [2.75, 3.05) is 0 Å². The number of aryl methyl sites for hydroxylation is 2. The minimum Gasteiger partial charge on any atom is -0.455 e. The number of benzene rings is 2. The van der Waals surface area contributed by atoms with E-state index in [1.54, 1.807) is 19.1 Å². The number of furan rings is 1. The number of nitrogens with zero attached hydrogens (tertiary/aromatic N) is 2. The molecule has 0 bridgehead atoms. The molecule has 37 heavy (non-hydrogen) atoms. The van der Waals surface area contributed by atoms with Crippen LogP contribution in [-0.2, 0) is 16.4 Å². The average molecular weight is 526 g/mol. The summed E-state index contributed by atoms with van der Waals surface area (Å²) in [7, 11) is -3.89. The van der Waals surface area contributed by atoms with Crippen LogP contribution in [0.2, 0.25) is 0 Å². The molecule has 0 radical (unpaired) electrons. The third kappa shape index (κ3) is 5.51. The Morgan fingerprint density at radius 1 is 0.973 bits per heavy atom. The summed E-state index contributed by atoms with van der Waals surface area (Å²) in [6, 6.07) is 11.2. The second-order valence-corrected chi connectivity index (χ2v) is 10.0. The Kier molecular flexibility index (Phi) is 7.07. The molecule has 2 aromatic carbocycles. The summed E-state index contributed by atoms with van der Waals surface area (Å²) in [5.74, 6) is -0.958. The van der Waals surface area contributed by atoms with E-state index in [4.69, 9.17) is 4.42 Å². The number of hydrogen-bond acceptors (Lipinski definition) is 8. The highest BCUT2D eigenvalue weighted by atomic mass is 32.2. The molecule has 0 saturated heterocycles. The number of nitrogens with one attached hydrogen (secondary N) is 3. The van der Waals surface area contributed by atoms with Crippen molar-refractivity contribution in [2.24, 2.45) is 5.10 Å². The third-order valence-corrected chi connectivity index (χ3v) is 7.02. The van der Waals surface area contributed by atoms with Crippen molar-refractivity contribution in [1.82, 2.24) is 15.7 Å². The highest BCUT2D eigenvalue weighted by Gasteiger charge is 2.28. The van der Waals surface area contributed by atoms with Crippen molar-refractivity contribution < 1.29 is 27.3 Å². The number of rotatable bonds is 6. The van der Waals surface area contributed by atoms with Gasteiger partial charge in [-0.1, -0.05) is 17.7 Å².